The van der Waals surface area contributed by atoms with Gasteiger partial charge in [0.1, 0.15) is 10.6 Å². The summed E-state index contributed by atoms with van der Waals surface area (Å²) in [5.74, 6) is -0.984. The molecule has 1 aromatic rings. The average molecular weight is 284 g/mol. The number of benzene rings is 1. The molecule has 96 valence electrons. The van der Waals surface area contributed by atoms with Crippen molar-refractivity contribution in [3.63, 3.8) is 0 Å². The van der Waals surface area contributed by atoms with Gasteiger partial charge in [0.05, 0.1) is 11.5 Å². The Kier molecular flexibility index (Phi) is 3.45. The van der Waals surface area contributed by atoms with Gasteiger partial charge in [-0.15, -0.1) is 0 Å². The summed E-state index contributed by atoms with van der Waals surface area (Å²) >= 11 is 0. The van der Waals surface area contributed by atoms with Gasteiger partial charge < -0.3 is 10.2 Å². The van der Waals surface area contributed by atoms with Crippen LogP contribution in [0.5, 0.6) is 5.75 Å². The van der Waals surface area contributed by atoms with Crippen LogP contribution in [0.1, 0.15) is 5.56 Å². The Balaban J connectivity index is 3.74. The summed E-state index contributed by atoms with van der Waals surface area (Å²) in [5.41, 5.74) is -0.465. The summed E-state index contributed by atoms with van der Waals surface area (Å²) in [4.78, 5) is -1.98. The van der Waals surface area contributed by atoms with E-state index in [9.17, 15) is 21.9 Å². The van der Waals surface area contributed by atoms with Crippen LogP contribution in [0, 0.1) is 0 Å². The van der Waals surface area contributed by atoms with Gasteiger partial charge in [-0.1, -0.05) is 0 Å². The van der Waals surface area contributed by atoms with Crippen molar-refractivity contribution in [2.24, 2.45) is 0 Å². The number of aliphatic hydroxyl groups is 1. The molecule has 0 amide bonds. The van der Waals surface area contributed by atoms with Gasteiger partial charge in [-0.25, -0.2) is 0 Å². The van der Waals surface area contributed by atoms with Crippen LogP contribution in [0.4, 0.5) is 0 Å². The first-order valence-electron chi connectivity index (χ1n) is 3.99. The third kappa shape index (κ3) is 2.92. The van der Waals surface area contributed by atoms with Gasteiger partial charge in [0.15, 0.2) is 0 Å². The van der Waals surface area contributed by atoms with E-state index >= 15 is 0 Å². The average Bonchev–Trinajstić information content (AvgIpc) is 2.14. The van der Waals surface area contributed by atoms with Crippen molar-refractivity contribution in [1.29, 1.82) is 0 Å². The van der Waals surface area contributed by atoms with Gasteiger partial charge in [-0.05, 0) is 12.1 Å². The standard InChI is InChI=1S/C7H8O8S2/c8-3-4-1-5(16(10,11)12)2-6(7(4)9)17(13,14)15/h1-2,8-9H,3H2,(H,10,11,12)(H,13,14,15). The number of phenols is 1. The number of hydrogen-bond acceptors (Lipinski definition) is 6. The van der Waals surface area contributed by atoms with Crippen molar-refractivity contribution in [3.8, 4) is 5.75 Å². The first-order chi connectivity index (χ1) is 7.57. The van der Waals surface area contributed by atoms with Crippen molar-refractivity contribution < 1.29 is 36.2 Å². The van der Waals surface area contributed by atoms with Crippen LogP contribution in [-0.4, -0.2) is 36.2 Å². The summed E-state index contributed by atoms with van der Waals surface area (Å²) in [5, 5.41) is 18.1. The van der Waals surface area contributed by atoms with Crippen molar-refractivity contribution in [3.05, 3.63) is 17.7 Å². The highest BCUT2D eigenvalue weighted by atomic mass is 32.2. The lowest BCUT2D eigenvalue weighted by atomic mass is 10.2. The second-order valence-electron chi connectivity index (χ2n) is 3.04. The Morgan fingerprint density at radius 2 is 1.53 bits per heavy atom. The van der Waals surface area contributed by atoms with Gasteiger partial charge in [0.25, 0.3) is 20.2 Å². The minimum atomic E-state index is -4.89. The Morgan fingerprint density at radius 3 is 1.88 bits per heavy atom. The van der Waals surface area contributed by atoms with Crippen LogP contribution >= 0.6 is 0 Å². The van der Waals surface area contributed by atoms with E-state index in [1.165, 1.54) is 0 Å². The van der Waals surface area contributed by atoms with Crippen molar-refractivity contribution in [2.45, 2.75) is 16.4 Å². The number of aromatic hydroxyl groups is 1. The van der Waals surface area contributed by atoms with E-state index < -0.39 is 47.9 Å². The van der Waals surface area contributed by atoms with E-state index in [0.717, 1.165) is 0 Å². The predicted molar refractivity (Wildman–Crippen MR) is 53.7 cm³/mol. The SMILES string of the molecule is O=S(=O)(O)c1cc(CO)c(O)c(S(=O)(=O)O)c1. The minimum Gasteiger partial charge on any atom is -0.506 e. The molecular formula is C7H8O8S2. The highest BCUT2D eigenvalue weighted by Gasteiger charge is 2.23. The second-order valence-corrected chi connectivity index (χ2v) is 5.85. The normalized spacial score (nSPS) is 12.6. The van der Waals surface area contributed by atoms with E-state index in [0.29, 0.717) is 12.1 Å². The lowest BCUT2D eigenvalue weighted by Crippen LogP contribution is -2.05. The van der Waals surface area contributed by atoms with Gasteiger partial charge in [0.2, 0.25) is 0 Å². The summed E-state index contributed by atoms with van der Waals surface area (Å²) in [7, 11) is -9.62. The molecule has 0 saturated carbocycles. The molecule has 0 radical (unpaired) electrons. The molecule has 17 heavy (non-hydrogen) atoms. The zero-order valence-corrected chi connectivity index (χ0v) is 9.73. The van der Waals surface area contributed by atoms with Crippen molar-refractivity contribution in [2.75, 3.05) is 0 Å². The van der Waals surface area contributed by atoms with Crippen LogP contribution in [0.15, 0.2) is 21.9 Å². The predicted octanol–water partition coefficient (Wildman–Crippen LogP) is -0.622. The molecule has 0 aliphatic heterocycles. The molecule has 1 rings (SSSR count). The third-order valence-corrected chi connectivity index (χ3v) is 3.57. The number of hydrogen-bond donors (Lipinski definition) is 4. The summed E-state index contributed by atoms with van der Waals surface area (Å²) in [6, 6.07) is 1.05. The minimum absolute atomic E-state index is 0.374. The molecule has 0 bridgehead atoms. The summed E-state index contributed by atoms with van der Waals surface area (Å²) in [6.45, 7) is -0.877. The largest absolute Gasteiger partial charge is 0.506 e. The maximum Gasteiger partial charge on any atom is 0.298 e. The lowest BCUT2D eigenvalue weighted by Gasteiger charge is -2.08. The second kappa shape index (κ2) is 4.23. The molecule has 0 heterocycles. The molecule has 0 aliphatic rings. The van der Waals surface area contributed by atoms with Crippen LogP contribution in [0.3, 0.4) is 0 Å². The van der Waals surface area contributed by atoms with Gasteiger partial charge in [-0.3, -0.25) is 9.11 Å². The fraction of sp³-hybridized carbons (Fsp3) is 0.143. The number of aliphatic hydroxyl groups excluding tert-OH is 1. The monoisotopic (exact) mass is 284 g/mol. The van der Waals surface area contributed by atoms with Gasteiger partial charge in [0, 0.05) is 5.56 Å². The highest BCUT2D eigenvalue weighted by molar-refractivity contribution is 7.86. The highest BCUT2D eigenvalue weighted by Crippen LogP contribution is 2.30. The smallest absolute Gasteiger partial charge is 0.298 e. The van der Waals surface area contributed by atoms with Gasteiger partial charge >= 0.3 is 0 Å². The Bertz CT molecular complexity index is 643. The third-order valence-electron chi connectivity index (χ3n) is 1.87. The molecule has 10 heteroatoms. The molecule has 0 spiro atoms. The van der Waals surface area contributed by atoms with Gasteiger partial charge in [-0.2, -0.15) is 16.8 Å². The molecule has 1 aromatic carbocycles. The fourth-order valence-corrected chi connectivity index (χ4v) is 2.39. The quantitative estimate of drug-likeness (QED) is 0.536. The lowest BCUT2D eigenvalue weighted by molar-refractivity contribution is 0.274. The maximum atomic E-state index is 10.8. The van der Waals surface area contributed by atoms with Crippen LogP contribution in [0.2, 0.25) is 0 Å². The van der Waals surface area contributed by atoms with E-state index in [1.807, 2.05) is 0 Å². The first kappa shape index (κ1) is 13.9. The Labute approximate surface area is 96.6 Å². The molecule has 8 nitrogen and oxygen atoms in total. The first-order valence-corrected chi connectivity index (χ1v) is 6.87. The zero-order chi connectivity index (χ0) is 13.4. The van der Waals surface area contributed by atoms with E-state index in [4.69, 9.17) is 14.2 Å². The topological polar surface area (TPSA) is 149 Å². The van der Waals surface area contributed by atoms with Crippen LogP contribution in [0.25, 0.3) is 0 Å². The molecular weight excluding hydrogens is 276 g/mol. The van der Waals surface area contributed by atoms with E-state index in [2.05, 4.69) is 0 Å². The molecule has 0 aliphatic carbocycles. The molecule has 0 aromatic heterocycles. The molecule has 4 N–H and O–H groups in total. The number of rotatable bonds is 3. The van der Waals surface area contributed by atoms with E-state index in [1.54, 1.807) is 0 Å². The molecule has 0 saturated heterocycles. The molecule has 0 unspecified atom stereocenters. The fourth-order valence-electron chi connectivity index (χ4n) is 1.10. The van der Waals surface area contributed by atoms with E-state index in [-0.39, 0.29) is 0 Å². The maximum absolute atomic E-state index is 10.8. The molecule has 0 fully saturated rings. The van der Waals surface area contributed by atoms with Crippen molar-refractivity contribution in [1.82, 2.24) is 0 Å². The summed E-state index contributed by atoms with van der Waals surface area (Å²) in [6.07, 6.45) is 0. The van der Waals surface area contributed by atoms with Crippen molar-refractivity contribution >= 4 is 20.2 Å². The zero-order valence-electron chi connectivity index (χ0n) is 8.10. The Morgan fingerprint density at radius 1 is 1.00 bits per heavy atom. The van der Waals surface area contributed by atoms with Crippen LogP contribution < -0.4 is 0 Å². The van der Waals surface area contributed by atoms with Crippen LogP contribution in [-0.2, 0) is 26.8 Å². The molecule has 0 atom stereocenters. The summed E-state index contributed by atoms with van der Waals surface area (Å²) < 4.78 is 60.7. The Hall–Kier alpha value is -1.20.